The Bertz CT molecular complexity index is 815. The summed E-state index contributed by atoms with van der Waals surface area (Å²) in [6.07, 6.45) is 0. The maximum Gasteiger partial charge on any atom is 0.165 e. The lowest BCUT2D eigenvalue weighted by Crippen LogP contribution is -1.92. The zero-order chi connectivity index (χ0) is 15.7. The lowest BCUT2D eigenvalue weighted by atomic mass is 10.0. The molecule has 0 bridgehead atoms. The monoisotopic (exact) mass is 291 g/mol. The summed E-state index contributed by atoms with van der Waals surface area (Å²) in [5, 5.41) is 10.3. The third-order valence-corrected chi connectivity index (χ3v) is 3.79. The standard InChI is InChI=1S/C19H17NO2/c1-12-17(13(2)21)19(22)18(20-12)16-10-8-15(9-11-16)14-6-4-3-5-7-14/h3-11,20,22H,1-2H3. The number of carbonyl (C=O) groups is 1. The Morgan fingerprint density at radius 3 is 2.00 bits per heavy atom. The van der Waals surface area contributed by atoms with Gasteiger partial charge < -0.3 is 10.1 Å². The minimum absolute atomic E-state index is 0.0254. The number of aromatic hydroxyl groups is 1. The highest BCUT2D eigenvalue weighted by atomic mass is 16.3. The molecule has 2 N–H and O–H groups in total. The molecule has 0 unspecified atom stereocenters. The largest absolute Gasteiger partial charge is 0.505 e. The van der Waals surface area contributed by atoms with E-state index in [9.17, 15) is 9.90 Å². The summed E-state index contributed by atoms with van der Waals surface area (Å²) < 4.78 is 0. The summed E-state index contributed by atoms with van der Waals surface area (Å²) >= 11 is 0. The number of aromatic nitrogens is 1. The Hall–Kier alpha value is -2.81. The summed E-state index contributed by atoms with van der Waals surface area (Å²) in [7, 11) is 0. The van der Waals surface area contributed by atoms with Crippen molar-refractivity contribution in [2.45, 2.75) is 13.8 Å². The molecule has 3 heteroatoms. The zero-order valence-electron chi connectivity index (χ0n) is 12.6. The number of aryl methyl sites for hydroxylation is 1. The van der Waals surface area contributed by atoms with Gasteiger partial charge in [-0.2, -0.15) is 0 Å². The Balaban J connectivity index is 2.01. The molecule has 1 aromatic heterocycles. The lowest BCUT2D eigenvalue weighted by Gasteiger charge is -2.04. The Labute approximate surface area is 129 Å². The van der Waals surface area contributed by atoms with E-state index in [0.29, 0.717) is 17.0 Å². The minimum Gasteiger partial charge on any atom is -0.505 e. The quantitative estimate of drug-likeness (QED) is 0.695. The number of ketones is 1. The fourth-order valence-corrected chi connectivity index (χ4v) is 2.71. The molecular formula is C19H17NO2. The van der Waals surface area contributed by atoms with Crippen LogP contribution in [0.2, 0.25) is 0 Å². The number of hydrogen-bond acceptors (Lipinski definition) is 2. The molecule has 110 valence electrons. The number of nitrogens with one attached hydrogen (secondary N) is 1. The highest BCUT2D eigenvalue weighted by molar-refractivity contribution is 6.00. The molecule has 2 aromatic carbocycles. The third-order valence-electron chi connectivity index (χ3n) is 3.79. The van der Waals surface area contributed by atoms with E-state index in [1.54, 1.807) is 6.92 Å². The van der Waals surface area contributed by atoms with Crippen LogP contribution in [0.25, 0.3) is 22.4 Å². The van der Waals surface area contributed by atoms with E-state index in [-0.39, 0.29) is 11.5 Å². The number of rotatable bonds is 3. The van der Waals surface area contributed by atoms with E-state index in [1.165, 1.54) is 6.92 Å². The van der Waals surface area contributed by atoms with Gasteiger partial charge in [0.15, 0.2) is 11.5 Å². The summed E-state index contributed by atoms with van der Waals surface area (Å²) in [6, 6.07) is 18.0. The molecule has 0 aliphatic rings. The van der Waals surface area contributed by atoms with Gasteiger partial charge in [0.2, 0.25) is 0 Å². The normalized spacial score (nSPS) is 10.6. The van der Waals surface area contributed by atoms with Crippen LogP contribution in [0.5, 0.6) is 5.75 Å². The number of Topliss-reactive ketones (excluding diaryl/α,β-unsaturated/α-hetero) is 1. The molecule has 3 nitrogen and oxygen atoms in total. The second kappa shape index (κ2) is 5.53. The smallest absolute Gasteiger partial charge is 0.165 e. The van der Waals surface area contributed by atoms with Crippen molar-refractivity contribution in [3.05, 3.63) is 65.9 Å². The minimum atomic E-state index is -0.140. The topological polar surface area (TPSA) is 53.1 Å². The van der Waals surface area contributed by atoms with Crippen molar-refractivity contribution >= 4 is 5.78 Å². The number of aromatic amines is 1. The second-order valence-electron chi connectivity index (χ2n) is 5.35. The number of benzene rings is 2. The first-order chi connectivity index (χ1) is 10.6. The van der Waals surface area contributed by atoms with Crippen LogP contribution in [0.4, 0.5) is 0 Å². The highest BCUT2D eigenvalue weighted by Gasteiger charge is 2.18. The number of carbonyl (C=O) groups excluding carboxylic acids is 1. The van der Waals surface area contributed by atoms with Crippen LogP contribution < -0.4 is 0 Å². The van der Waals surface area contributed by atoms with E-state index >= 15 is 0 Å². The van der Waals surface area contributed by atoms with Crippen molar-refractivity contribution in [3.63, 3.8) is 0 Å². The molecule has 3 rings (SSSR count). The van der Waals surface area contributed by atoms with E-state index in [0.717, 1.165) is 16.7 Å². The SMILES string of the molecule is CC(=O)c1c(C)[nH]c(-c2ccc(-c3ccccc3)cc2)c1O. The number of H-pyrrole nitrogens is 1. The molecule has 0 aliphatic heterocycles. The van der Waals surface area contributed by atoms with E-state index in [1.807, 2.05) is 42.5 Å². The Morgan fingerprint density at radius 2 is 1.45 bits per heavy atom. The Morgan fingerprint density at radius 1 is 0.909 bits per heavy atom. The van der Waals surface area contributed by atoms with Gasteiger partial charge in [-0.25, -0.2) is 0 Å². The lowest BCUT2D eigenvalue weighted by molar-refractivity contribution is 0.101. The number of hydrogen-bond donors (Lipinski definition) is 2. The van der Waals surface area contributed by atoms with Crippen LogP contribution in [-0.2, 0) is 0 Å². The fraction of sp³-hybridized carbons (Fsp3) is 0.105. The molecule has 0 radical (unpaired) electrons. The van der Waals surface area contributed by atoms with Crippen LogP contribution in [-0.4, -0.2) is 15.9 Å². The maximum absolute atomic E-state index is 11.6. The molecule has 0 saturated heterocycles. The molecule has 0 atom stereocenters. The van der Waals surface area contributed by atoms with Gasteiger partial charge in [0.25, 0.3) is 0 Å². The summed E-state index contributed by atoms with van der Waals surface area (Å²) in [5.41, 5.74) is 4.74. The van der Waals surface area contributed by atoms with Crippen LogP contribution >= 0.6 is 0 Å². The van der Waals surface area contributed by atoms with Gasteiger partial charge in [0.1, 0.15) is 0 Å². The predicted octanol–water partition coefficient (Wildman–Crippen LogP) is 4.57. The van der Waals surface area contributed by atoms with E-state index in [4.69, 9.17) is 0 Å². The molecule has 0 fully saturated rings. The molecule has 0 aliphatic carbocycles. The molecule has 3 aromatic rings. The molecule has 0 saturated carbocycles. The van der Waals surface area contributed by atoms with Crippen LogP contribution in [0, 0.1) is 6.92 Å². The van der Waals surface area contributed by atoms with Crippen molar-refractivity contribution in [2.75, 3.05) is 0 Å². The van der Waals surface area contributed by atoms with Gasteiger partial charge in [0.05, 0.1) is 11.3 Å². The molecule has 0 spiro atoms. The van der Waals surface area contributed by atoms with Gasteiger partial charge in [-0.15, -0.1) is 0 Å². The van der Waals surface area contributed by atoms with Crippen LogP contribution in [0.1, 0.15) is 23.0 Å². The summed E-state index contributed by atoms with van der Waals surface area (Å²) in [4.78, 5) is 14.7. The van der Waals surface area contributed by atoms with Gasteiger partial charge in [-0.3, -0.25) is 4.79 Å². The average Bonchev–Trinajstić information content (AvgIpc) is 2.83. The van der Waals surface area contributed by atoms with Gasteiger partial charge in [0, 0.05) is 11.3 Å². The molecule has 1 heterocycles. The van der Waals surface area contributed by atoms with Gasteiger partial charge >= 0.3 is 0 Å². The van der Waals surface area contributed by atoms with Gasteiger partial charge in [-0.1, -0.05) is 54.6 Å². The molecule has 0 amide bonds. The van der Waals surface area contributed by atoms with Crippen LogP contribution in [0.3, 0.4) is 0 Å². The van der Waals surface area contributed by atoms with Crippen molar-refractivity contribution < 1.29 is 9.90 Å². The summed E-state index contributed by atoms with van der Waals surface area (Å²) in [5.74, 6) is -0.115. The second-order valence-corrected chi connectivity index (χ2v) is 5.35. The third kappa shape index (κ3) is 2.42. The Kier molecular flexibility index (Phi) is 3.55. The highest BCUT2D eigenvalue weighted by Crippen LogP contribution is 2.35. The first kappa shape index (κ1) is 14.1. The van der Waals surface area contributed by atoms with E-state index < -0.39 is 0 Å². The van der Waals surface area contributed by atoms with Crippen molar-refractivity contribution in [2.24, 2.45) is 0 Å². The van der Waals surface area contributed by atoms with Gasteiger partial charge in [-0.05, 0) is 25.0 Å². The van der Waals surface area contributed by atoms with Crippen molar-refractivity contribution in [3.8, 4) is 28.1 Å². The molecular weight excluding hydrogens is 274 g/mol. The fourth-order valence-electron chi connectivity index (χ4n) is 2.71. The zero-order valence-corrected chi connectivity index (χ0v) is 12.6. The van der Waals surface area contributed by atoms with E-state index in [2.05, 4.69) is 17.1 Å². The first-order valence-electron chi connectivity index (χ1n) is 7.16. The predicted molar refractivity (Wildman–Crippen MR) is 88.1 cm³/mol. The maximum atomic E-state index is 11.6. The first-order valence-corrected chi connectivity index (χ1v) is 7.16. The summed E-state index contributed by atoms with van der Waals surface area (Å²) in [6.45, 7) is 3.25. The van der Waals surface area contributed by atoms with Crippen molar-refractivity contribution in [1.29, 1.82) is 0 Å². The van der Waals surface area contributed by atoms with Crippen LogP contribution in [0.15, 0.2) is 54.6 Å². The average molecular weight is 291 g/mol. The van der Waals surface area contributed by atoms with Crippen molar-refractivity contribution in [1.82, 2.24) is 4.98 Å². The molecule has 22 heavy (non-hydrogen) atoms.